The number of anilines is 1. The van der Waals surface area contributed by atoms with Crippen LogP contribution in [0.3, 0.4) is 0 Å². The topological polar surface area (TPSA) is 66.9 Å². The third-order valence-electron chi connectivity index (χ3n) is 6.72. The predicted octanol–water partition coefficient (Wildman–Crippen LogP) is 3.68. The Bertz CT molecular complexity index is 764. The molecular formula is C23H30N2O4. The quantitative estimate of drug-likeness (QED) is 0.710. The summed E-state index contributed by atoms with van der Waals surface area (Å²) < 4.78 is 5.17. The first-order chi connectivity index (χ1) is 14.1. The Morgan fingerprint density at radius 3 is 2.21 bits per heavy atom. The van der Waals surface area contributed by atoms with Gasteiger partial charge in [-0.15, -0.1) is 0 Å². The van der Waals surface area contributed by atoms with E-state index in [4.69, 9.17) is 4.74 Å². The van der Waals surface area contributed by atoms with E-state index in [1.165, 1.54) is 11.3 Å². The van der Waals surface area contributed by atoms with Crippen molar-refractivity contribution in [1.82, 2.24) is 4.90 Å². The number of imide groups is 1. The average molecular weight is 399 g/mol. The van der Waals surface area contributed by atoms with E-state index in [9.17, 15) is 14.4 Å². The Hall–Kier alpha value is -2.37. The molecule has 1 heterocycles. The van der Waals surface area contributed by atoms with E-state index in [2.05, 4.69) is 0 Å². The van der Waals surface area contributed by atoms with Gasteiger partial charge in [0.2, 0.25) is 11.8 Å². The van der Waals surface area contributed by atoms with Gasteiger partial charge in [-0.2, -0.15) is 0 Å². The molecule has 6 nitrogen and oxygen atoms in total. The Balaban J connectivity index is 1.59. The maximum atomic E-state index is 13.5. The minimum Gasteiger partial charge on any atom is -0.497 e. The molecule has 3 fully saturated rings. The van der Waals surface area contributed by atoms with Crippen LogP contribution in [-0.4, -0.2) is 41.8 Å². The molecule has 6 heteroatoms. The Morgan fingerprint density at radius 2 is 1.59 bits per heavy atom. The standard InChI is InChI=1S/C23H30N2O4/c1-29-19-13-11-18(12-14-19)25-21(26)15-20(23(25)28)24(17-9-5-6-10-17)22(27)16-7-3-2-4-8-16/h11-14,16-17,20H,2-10,15H2,1H3. The Kier molecular flexibility index (Phi) is 5.88. The molecule has 4 rings (SSSR count). The molecule has 1 saturated heterocycles. The van der Waals surface area contributed by atoms with Crippen LogP contribution in [0.1, 0.15) is 64.2 Å². The molecule has 1 aliphatic heterocycles. The van der Waals surface area contributed by atoms with E-state index in [-0.39, 0.29) is 36.1 Å². The van der Waals surface area contributed by atoms with Gasteiger partial charge in [0.25, 0.3) is 5.91 Å². The molecule has 0 aromatic heterocycles. The lowest BCUT2D eigenvalue weighted by molar-refractivity contribution is -0.145. The molecule has 0 bridgehead atoms. The molecule has 1 aromatic carbocycles. The zero-order valence-electron chi connectivity index (χ0n) is 17.1. The zero-order valence-corrected chi connectivity index (χ0v) is 17.1. The molecule has 0 radical (unpaired) electrons. The molecule has 3 amide bonds. The van der Waals surface area contributed by atoms with E-state index < -0.39 is 6.04 Å². The highest BCUT2D eigenvalue weighted by molar-refractivity contribution is 6.23. The molecule has 2 aliphatic carbocycles. The number of carbonyl (C=O) groups is 3. The number of hydrogen-bond acceptors (Lipinski definition) is 4. The number of amides is 3. The van der Waals surface area contributed by atoms with Gasteiger partial charge in [0.15, 0.2) is 0 Å². The molecule has 1 aromatic rings. The van der Waals surface area contributed by atoms with Gasteiger partial charge in [-0.25, -0.2) is 4.90 Å². The summed E-state index contributed by atoms with van der Waals surface area (Å²) in [7, 11) is 1.58. The van der Waals surface area contributed by atoms with Crippen molar-refractivity contribution in [3.63, 3.8) is 0 Å². The number of carbonyl (C=O) groups excluding carboxylic acids is 3. The minimum absolute atomic E-state index is 0.00212. The number of nitrogens with zero attached hydrogens (tertiary/aromatic N) is 2. The number of ether oxygens (including phenoxy) is 1. The summed E-state index contributed by atoms with van der Waals surface area (Å²) in [5, 5.41) is 0. The molecule has 1 atom stereocenters. The van der Waals surface area contributed by atoms with Crippen LogP contribution in [0.4, 0.5) is 5.69 Å². The fraction of sp³-hybridized carbons (Fsp3) is 0.609. The fourth-order valence-corrected chi connectivity index (χ4v) is 5.17. The molecule has 3 aliphatic rings. The van der Waals surface area contributed by atoms with Crippen LogP contribution in [0.25, 0.3) is 0 Å². The molecule has 2 saturated carbocycles. The highest BCUT2D eigenvalue weighted by Crippen LogP contribution is 2.35. The Labute approximate surface area is 172 Å². The van der Waals surface area contributed by atoms with Crippen LogP contribution in [0, 0.1) is 5.92 Å². The summed E-state index contributed by atoms with van der Waals surface area (Å²) in [5.74, 6) is 0.270. The van der Waals surface area contributed by atoms with Gasteiger partial charge in [0.1, 0.15) is 11.8 Å². The van der Waals surface area contributed by atoms with Crippen LogP contribution in [0.2, 0.25) is 0 Å². The fourth-order valence-electron chi connectivity index (χ4n) is 5.17. The second-order valence-corrected chi connectivity index (χ2v) is 8.50. The molecular weight excluding hydrogens is 368 g/mol. The van der Waals surface area contributed by atoms with Gasteiger partial charge in [0.05, 0.1) is 19.2 Å². The summed E-state index contributed by atoms with van der Waals surface area (Å²) in [6, 6.07) is 6.35. The van der Waals surface area contributed by atoms with Gasteiger partial charge >= 0.3 is 0 Å². The molecule has 1 unspecified atom stereocenters. The predicted molar refractivity (Wildman–Crippen MR) is 110 cm³/mol. The summed E-state index contributed by atoms with van der Waals surface area (Å²) >= 11 is 0. The third-order valence-corrected chi connectivity index (χ3v) is 6.72. The highest BCUT2D eigenvalue weighted by atomic mass is 16.5. The van der Waals surface area contributed by atoms with Gasteiger partial charge < -0.3 is 9.64 Å². The first kappa shape index (κ1) is 19.9. The second-order valence-electron chi connectivity index (χ2n) is 8.50. The third kappa shape index (κ3) is 3.89. The number of methoxy groups -OCH3 is 1. The van der Waals surface area contributed by atoms with Gasteiger partial charge in [-0.05, 0) is 49.9 Å². The first-order valence-corrected chi connectivity index (χ1v) is 10.9. The zero-order chi connectivity index (χ0) is 20.4. The van der Waals surface area contributed by atoms with E-state index in [1.54, 1.807) is 31.4 Å². The minimum atomic E-state index is -0.665. The summed E-state index contributed by atoms with van der Waals surface area (Å²) in [6.45, 7) is 0. The van der Waals surface area contributed by atoms with Crippen molar-refractivity contribution in [2.24, 2.45) is 5.92 Å². The van der Waals surface area contributed by atoms with Crippen molar-refractivity contribution in [3.05, 3.63) is 24.3 Å². The molecule has 0 N–H and O–H groups in total. The van der Waals surface area contributed by atoms with E-state index >= 15 is 0 Å². The highest BCUT2D eigenvalue weighted by Gasteiger charge is 2.47. The average Bonchev–Trinajstić information content (AvgIpc) is 3.38. The summed E-state index contributed by atoms with van der Waals surface area (Å²) in [5.41, 5.74) is 0.541. The van der Waals surface area contributed by atoms with Crippen molar-refractivity contribution >= 4 is 23.4 Å². The monoisotopic (exact) mass is 398 g/mol. The largest absolute Gasteiger partial charge is 0.497 e. The summed E-state index contributed by atoms with van der Waals surface area (Å²) in [4.78, 5) is 42.7. The van der Waals surface area contributed by atoms with Gasteiger partial charge in [0, 0.05) is 12.0 Å². The normalized spacial score (nSPS) is 23.6. The number of hydrogen-bond donors (Lipinski definition) is 0. The van der Waals surface area contributed by atoms with Crippen LogP contribution in [-0.2, 0) is 14.4 Å². The van der Waals surface area contributed by atoms with Gasteiger partial charge in [-0.1, -0.05) is 32.1 Å². The molecule has 0 spiro atoms. The first-order valence-electron chi connectivity index (χ1n) is 10.9. The van der Waals surface area contributed by atoms with E-state index in [1.807, 2.05) is 4.90 Å². The molecule has 29 heavy (non-hydrogen) atoms. The number of benzene rings is 1. The van der Waals surface area contributed by atoms with Crippen molar-refractivity contribution < 1.29 is 19.1 Å². The van der Waals surface area contributed by atoms with E-state index in [0.29, 0.717) is 11.4 Å². The lowest BCUT2D eigenvalue weighted by atomic mass is 9.87. The van der Waals surface area contributed by atoms with Crippen LogP contribution >= 0.6 is 0 Å². The van der Waals surface area contributed by atoms with Crippen molar-refractivity contribution in [1.29, 1.82) is 0 Å². The van der Waals surface area contributed by atoms with Crippen LogP contribution in [0.5, 0.6) is 5.75 Å². The van der Waals surface area contributed by atoms with Crippen molar-refractivity contribution in [2.45, 2.75) is 76.3 Å². The summed E-state index contributed by atoms with van der Waals surface area (Å²) in [6.07, 6.45) is 9.23. The number of rotatable bonds is 5. The second kappa shape index (κ2) is 8.56. The maximum absolute atomic E-state index is 13.5. The van der Waals surface area contributed by atoms with Gasteiger partial charge in [-0.3, -0.25) is 14.4 Å². The lowest BCUT2D eigenvalue weighted by Gasteiger charge is -2.36. The SMILES string of the molecule is COc1ccc(N2C(=O)CC(N(C(=O)C3CCCCC3)C3CCCC3)C2=O)cc1. The maximum Gasteiger partial charge on any atom is 0.257 e. The van der Waals surface area contributed by atoms with E-state index in [0.717, 1.165) is 51.4 Å². The van der Waals surface area contributed by atoms with Crippen molar-refractivity contribution in [3.8, 4) is 5.75 Å². The smallest absolute Gasteiger partial charge is 0.257 e. The Morgan fingerprint density at radius 1 is 0.966 bits per heavy atom. The lowest BCUT2D eigenvalue weighted by Crippen LogP contribution is -2.52. The van der Waals surface area contributed by atoms with Crippen LogP contribution < -0.4 is 9.64 Å². The van der Waals surface area contributed by atoms with Crippen LogP contribution in [0.15, 0.2) is 24.3 Å². The van der Waals surface area contributed by atoms with Crippen molar-refractivity contribution in [2.75, 3.05) is 12.0 Å². The molecule has 156 valence electrons.